The topological polar surface area (TPSA) is 124 Å². The van der Waals surface area contributed by atoms with E-state index in [0.29, 0.717) is 18.6 Å². The number of aryl methyl sites for hydroxylation is 1. The van der Waals surface area contributed by atoms with Gasteiger partial charge in [0.05, 0.1) is 5.92 Å². The van der Waals surface area contributed by atoms with Gasteiger partial charge in [-0.3, -0.25) is 9.59 Å². The first-order valence-electron chi connectivity index (χ1n) is 10.1. The molecule has 0 bridgehead atoms. The quantitative estimate of drug-likeness (QED) is 0.665. The van der Waals surface area contributed by atoms with Crippen molar-refractivity contribution in [3.63, 3.8) is 0 Å². The molecule has 1 aliphatic heterocycles. The molecule has 0 aromatic carbocycles. The molecule has 0 spiro atoms. The van der Waals surface area contributed by atoms with Gasteiger partial charge in [0.2, 0.25) is 0 Å². The highest BCUT2D eigenvalue weighted by molar-refractivity contribution is 5.97. The molecule has 2 heterocycles. The van der Waals surface area contributed by atoms with Gasteiger partial charge in [-0.05, 0) is 37.8 Å². The van der Waals surface area contributed by atoms with Crippen LogP contribution in [0.4, 0.5) is 0 Å². The summed E-state index contributed by atoms with van der Waals surface area (Å²) in [7, 11) is 0. The van der Waals surface area contributed by atoms with Gasteiger partial charge in [-0.25, -0.2) is 9.78 Å². The highest BCUT2D eigenvalue weighted by Crippen LogP contribution is 2.23. The SMILES string of the molecule is CC[C@H]1C(=O)OC[C@H](NC(=O)c2nccc(C)c2O)C(=O)O[C@@H](C)[C@@H]1OCC(C)C. The van der Waals surface area contributed by atoms with Crippen molar-refractivity contribution in [1.82, 2.24) is 10.3 Å². The van der Waals surface area contributed by atoms with Crippen molar-refractivity contribution >= 4 is 17.8 Å². The van der Waals surface area contributed by atoms with E-state index in [9.17, 15) is 19.5 Å². The van der Waals surface area contributed by atoms with E-state index >= 15 is 0 Å². The fourth-order valence-electron chi connectivity index (χ4n) is 3.13. The van der Waals surface area contributed by atoms with Gasteiger partial charge in [0, 0.05) is 12.8 Å². The fraction of sp³-hybridized carbons (Fsp3) is 0.619. The standard InChI is InChI=1S/C21H30N2O7/c1-6-14-18(28-9-11(2)3)13(5)30-21(27)15(10-29-20(14)26)23-19(25)16-17(24)12(4)7-8-22-16/h7-8,11,13-15,18,24H,6,9-10H2,1-5H3,(H,23,25)/t13-,14+,15-,18-/m0/s1. The van der Waals surface area contributed by atoms with E-state index in [1.54, 1.807) is 19.9 Å². The smallest absolute Gasteiger partial charge is 0.332 e. The molecule has 1 aromatic heterocycles. The van der Waals surface area contributed by atoms with Gasteiger partial charge in [0.15, 0.2) is 11.7 Å². The van der Waals surface area contributed by atoms with E-state index in [1.165, 1.54) is 6.20 Å². The number of ether oxygens (including phenoxy) is 3. The first kappa shape index (κ1) is 23.6. The van der Waals surface area contributed by atoms with E-state index in [-0.39, 0.29) is 17.4 Å². The molecule has 1 aromatic rings. The molecule has 4 atom stereocenters. The number of aromatic nitrogens is 1. The number of esters is 2. The summed E-state index contributed by atoms with van der Waals surface area (Å²) in [4.78, 5) is 41.7. The third-order valence-corrected chi connectivity index (χ3v) is 4.85. The van der Waals surface area contributed by atoms with Gasteiger partial charge in [0.1, 0.15) is 24.6 Å². The minimum absolute atomic E-state index is 0.230. The van der Waals surface area contributed by atoms with Crippen molar-refractivity contribution in [3.8, 4) is 5.75 Å². The number of nitrogens with one attached hydrogen (secondary N) is 1. The van der Waals surface area contributed by atoms with Gasteiger partial charge < -0.3 is 24.6 Å². The van der Waals surface area contributed by atoms with Crippen LogP contribution in [0.1, 0.15) is 50.2 Å². The lowest BCUT2D eigenvalue weighted by atomic mass is 9.95. The molecule has 1 fully saturated rings. The maximum absolute atomic E-state index is 12.7. The van der Waals surface area contributed by atoms with E-state index in [0.717, 1.165) is 0 Å². The number of hydrogen-bond acceptors (Lipinski definition) is 8. The predicted octanol–water partition coefficient (Wildman–Crippen LogP) is 1.75. The molecular weight excluding hydrogens is 392 g/mol. The van der Waals surface area contributed by atoms with Gasteiger partial charge in [-0.2, -0.15) is 0 Å². The Hall–Kier alpha value is -2.68. The lowest BCUT2D eigenvalue weighted by Gasteiger charge is -2.29. The first-order chi connectivity index (χ1) is 14.1. The third-order valence-electron chi connectivity index (χ3n) is 4.85. The average molecular weight is 422 g/mol. The Balaban J connectivity index is 2.21. The summed E-state index contributed by atoms with van der Waals surface area (Å²) in [6.07, 6.45) is 0.431. The van der Waals surface area contributed by atoms with E-state index in [2.05, 4.69) is 10.3 Å². The van der Waals surface area contributed by atoms with Crippen molar-refractivity contribution in [3.05, 3.63) is 23.5 Å². The molecule has 0 saturated carbocycles. The Morgan fingerprint density at radius 3 is 2.70 bits per heavy atom. The molecule has 2 rings (SSSR count). The number of hydrogen-bond donors (Lipinski definition) is 2. The van der Waals surface area contributed by atoms with Crippen LogP contribution in [0.2, 0.25) is 0 Å². The summed E-state index contributed by atoms with van der Waals surface area (Å²) >= 11 is 0. The second-order valence-electron chi connectivity index (χ2n) is 7.83. The number of amides is 1. The molecule has 1 amide bonds. The molecule has 9 heteroatoms. The zero-order valence-electron chi connectivity index (χ0n) is 18.0. The Bertz CT molecular complexity index is 781. The van der Waals surface area contributed by atoms with Gasteiger partial charge >= 0.3 is 11.9 Å². The number of carbonyl (C=O) groups is 3. The van der Waals surface area contributed by atoms with Crippen molar-refractivity contribution in [2.24, 2.45) is 11.8 Å². The van der Waals surface area contributed by atoms with Crippen LogP contribution in [0.15, 0.2) is 12.3 Å². The van der Waals surface area contributed by atoms with Crippen molar-refractivity contribution in [2.45, 2.75) is 59.3 Å². The zero-order chi connectivity index (χ0) is 22.4. The summed E-state index contributed by atoms with van der Waals surface area (Å²) in [5.41, 5.74) is 0.231. The van der Waals surface area contributed by atoms with Gasteiger partial charge in [0.25, 0.3) is 5.91 Å². The summed E-state index contributed by atoms with van der Waals surface area (Å²) < 4.78 is 16.7. The van der Waals surface area contributed by atoms with E-state index < -0.39 is 48.6 Å². The zero-order valence-corrected chi connectivity index (χ0v) is 18.0. The van der Waals surface area contributed by atoms with Crippen LogP contribution in [0.25, 0.3) is 0 Å². The Kier molecular flexibility index (Phi) is 8.16. The Morgan fingerprint density at radius 2 is 2.07 bits per heavy atom. The molecule has 166 valence electrons. The normalized spacial score (nSPS) is 25.0. The summed E-state index contributed by atoms with van der Waals surface area (Å²) in [6.45, 7) is 9.06. The molecule has 0 aliphatic carbocycles. The lowest BCUT2D eigenvalue weighted by molar-refractivity contribution is -0.165. The molecular formula is C21H30N2O7. The average Bonchev–Trinajstić information content (AvgIpc) is 2.72. The van der Waals surface area contributed by atoms with Gasteiger partial charge in [-0.1, -0.05) is 20.8 Å². The predicted molar refractivity (Wildman–Crippen MR) is 107 cm³/mol. The fourth-order valence-corrected chi connectivity index (χ4v) is 3.13. The minimum atomic E-state index is -1.24. The van der Waals surface area contributed by atoms with E-state index in [1.807, 2.05) is 20.8 Å². The van der Waals surface area contributed by atoms with Crippen molar-refractivity contribution in [2.75, 3.05) is 13.2 Å². The van der Waals surface area contributed by atoms with Crippen LogP contribution < -0.4 is 5.32 Å². The number of nitrogens with zero attached hydrogens (tertiary/aromatic N) is 1. The van der Waals surface area contributed by atoms with Crippen LogP contribution in [-0.2, 0) is 23.8 Å². The largest absolute Gasteiger partial charge is 0.505 e. The molecule has 9 nitrogen and oxygen atoms in total. The highest BCUT2D eigenvalue weighted by atomic mass is 16.6. The lowest BCUT2D eigenvalue weighted by Crippen LogP contribution is -2.46. The van der Waals surface area contributed by atoms with Crippen molar-refractivity contribution in [1.29, 1.82) is 0 Å². The first-order valence-corrected chi connectivity index (χ1v) is 10.1. The number of rotatable bonds is 6. The van der Waals surface area contributed by atoms with Crippen LogP contribution in [0, 0.1) is 18.8 Å². The number of pyridine rings is 1. The Labute approximate surface area is 176 Å². The number of cyclic esters (lactones) is 2. The molecule has 2 N–H and O–H groups in total. The summed E-state index contributed by atoms with van der Waals surface area (Å²) in [6, 6.07) is 0.304. The van der Waals surface area contributed by atoms with Crippen LogP contribution in [-0.4, -0.2) is 59.4 Å². The monoisotopic (exact) mass is 422 g/mol. The maximum Gasteiger partial charge on any atom is 0.332 e. The molecule has 1 aliphatic rings. The van der Waals surface area contributed by atoms with Crippen molar-refractivity contribution < 1.29 is 33.7 Å². The molecule has 1 saturated heterocycles. The minimum Gasteiger partial charge on any atom is -0.505 e. The second kappa shape index (κ2) is 10.4. The number of carbonyl (C=O) groups excluding carboxylic acids is 3. The highest BCUT2D eigenvalue weighted by Gasteiger charge is 2.39. The van der Waals surface area contributed by atoms with Crippen LogP contribution in [0.5, 0.6) is 5.75 Å². The Morgan fingerprint density at radius 1 is 1.37 bits per heavy atom. The molecule has 0 radical (unpaired) electrons. The third kappa shape index (κ3) is 5.69. The van der Waals surface area contributed by atoms with Crippen LogP contribution in [0.3, 0.4) is 0 Å². The summed E-state index contributed by atoms with van der Waals surface area (Å²) in [5, 5.41) is 12.5. The molecule has 0 unspecified atom stereocenters. The van der Waals surface area contributed by atoms with E-state index in [4.69, 9.17) is 14.2 Å². The summed E-state index contributed by atoms with van der Waals surface area (Å²) in [5.74, 6) is -2.72. The van der Waals surface area contributed by atoms with Gasteiger partial charge in [-0.15, -0.1) is 0 Å². The second-order valence-corrected chi connectivity index (χ2v) is 7.83. The molecule has 30 heavy (non-hydrogen) atoms. The number of aromatic hydroxyl groups is 1. The van der Waals surface area contributed by atoms with Crippen LogP contribution >= 0.6 is 0 Å². The maximum atomic E-state index is 12.7.